The Hall–Kier alpha value is -0.870. The van der Waals surface area contributed by atoms with Crippen molar-refractivity contribution in [2.24, 2.45) is 0 Å². The van der Waals surface area contributed by atoms with Crippen LogP contribution in [0.25, 0.3) is 0 Å². The summed E-state index contributed by atoms with van der Waals surface area (Å²) in [6, 6.07) is 0.307. The number of carboxylic acid groups (broad SMARTS) is 1. The zero-order valence-corrected chi connectivity index (χ0v) is 8.15. The summed E-state index contributed by atoms with van der Waals surface area (Å²) in [6.45, 7) is 2.95. The molecule has 0 saturated carbocycles. The van der Waals surface area contributed by atoms with Gasteiger partial charge in [-0.15, -0.1) is 11.3 Å². The molecule has 2 N–H and O–H groups in total. The lowest BCUT2D eigenvalue weighted by Gasteiger charge is -2.20. The number of carboxylic acids is 1. The minimum atomic E-state index is -0.799. The van der Waals surface area contributed by atoms with Gasteiger partial charge in [-0.25, -0.2) is 4.79 Å². The van der Waals surface area contributed by atoms with Gasteiger partial charge in [0.1, 0.15) is 0 Å². The van der Waals surface area contributed by atoms with E-state index in [0.717, 1.165) is 18.5 Å². The standard InChI is InChI=1S/C9H11NO2S/c1-5-8-6(2-3-10-5)7(4-13-8)9(11)12/h4-5,10H,2-3H2,1H3,(H,11,12). The molecule has 1 aromatic heterocycles. The first kappa shape index (κ1) is 8.72. The van der Waals surface area contributed by atoms with Gasteiger partial charge in [-0.3, -0.25) is 0 Å². The summed E-state index contributed by atoms with van der Waals surface area (Å²) in [7, 11) is 0. The quantitative estimate of drug-likeness (QED) is 0.719. The normalized spacial score (nSPS) is 21.2. The Kier molecular flexibility index (Phi) is 2.09. The molecule has 70 valence electrons. The molecule has 0 aromatic carbocycles. The van der Waals surface area contributed by atoms with Crippen molar-refractivity contribution in [1.82, 2.24) is 5.32 Å². The van der Waals surface area contributed by atoms with Gasteiger partial charge in [-0.1, -0.05) is 0 Å². The molecule has 1 aliphatic heterocycles. The minimum absolute atomic E-state index is 0.307. The van der Waals surface area contributed by atoms with Gasteiger partial charge in [0.05, 0.1) is 5.56 Å². The third-order valence-corrected chi connectivity index (χ3v) is 3.58. The van der Waals surface area contributed by atoms with E-state index in [-0.39, 0.29) is 0 Å². The number of aromatic carboxylic acids is 1. The fourth-order valence-electron chi connectivity index (χ4n) is 1.70. The zero-order valence-electron chi connectivity index (χ0n) is 7.33. The lowest BCUT2D eigenvalue weighted by Crippen LogP contribution is -2.27. The molecule has 0 saturated heterocycles. The predicted octanol–water partition coefficient (Wildman–Crippen LogP) is 1.65. The third kappa shape index (κ3) is 1.36. The number of thiophene rings is 1. The SMILES string of the molecule is CC1NCCc2c(C(=O)O)csc21. The molecule has 0 aliphatic carbocycles. The van der Waals surface area contributed by atoms with Gasteiger partial charge in [0.2, 0.25) is 0 Å². The van der Waals surface area contributed by atoms with Crippen molar-refractivity contribution in [2.45, 2.75) is 19.4 Å². The van der Waals surface area contributed by atoms with Gasteiger partial charge in [-0.2, -0.15) is 0 Å². The monoisotopic (exact) mass is 197 g/mol. The number of rotatable bonds is 1. The highest BCUT2D eigenvalue weighted by Crippen LogP contribution is 2.31. The Morgan fingerprint density at radius 2 is 2.54 bits per heavy atom. The van der Waals surface area contributed by atoms with Crippen molar-refractivity contribution in [3.05, 3.63) is 21.4 Å². The summed E-state index contributed by atoms with van der Waals surface area (Å²) in [5.74, 6) is -0.799. The maximum atomic E-state index is 10.8. The van der Waals surface area contributed by atoms with Crippen LogP contribution in [0.15, 0.2) is 5.38 Å². The lowest BCUT2D eigenvalue weighted by molar-refractivity contribution is 0.0696. The van der Waals surface area contributed by atoms with Crippen LogP contribution in [0.5, 0.6) is 0 Å². The highest BCUT2D eigenvalue weighted by Gasteiger charge is 2.23. The van der Waals surface area contributed by atoms with Crippen LogP contribution in [0.4, 0.5) is 0 Å². The van der Waals surface area contributed by atoms with Crippen molar-refractivity contribution < 1.29 is 9.90 Å². The van der Waals surface area contributed by atoms with Gasteiger partial charge in [0, 0.05) is 16.3 Å². The van der Waals surface area contributed by atoms with Gasteiger partial charge < -0.3 is 10.4 Å². The van der Waals surface area contributed by atoms with E-state index >= 15 is 0 Å². The molecule has 13 heavy (non-hydrogen) atoms. The molecule has 0 fully saturated rings. The molecule has 0 bridgehead atoms. The summed E-state index contributed by atoms with van der Waals surface area (Å²) in [5.41, 5.74) is 1.53. The Morgan fingerprint density at radius 1 is 1.77 bits per heavy atom. The molecule has 1 atom stereocenters. The summed E-state index contributed by atoms with van der Waals surface area (Å²) in [6.07, 6.45) is 0.838. The van der Waals surface area contributed by atoms with E-state index in [4.69, 9.17) is 5.11 Å². The summed E-state index contributed by atoms with van der Waals surface area (Å²) >= 11 is 1.55. The Morgan fingerprint density at radius 3 is 3.23 bits per heavy atom. The molecule has 0 amide bonds. The Balaban J connectivity index is 2.47. The second-order valence-electron chi connectivity index (χ2n) is 3.22. The number of carbonyl (C=O) groups is 1. The van der Waals surface area contributed by atoms with Crippen LogP contribution in [-0.2, 0) is 6.42 Å². The second-order valence-corrected chi connectivity index (χ2v) is 4.13. The van der Waals surface area contributed by atoms with Crippen molar-refractivity contribution in [3.63, 3.8) is 0 Å². The van der Waals surface area contributed by atoms with E-state index in [1.807, 2.05) is 0 Å². The number of hydrogen-bond donors (Lipinski definition) is 2. The van der Waals surface area contributed by atoms with Gasteiger partial charge >= 0.3 is 5.97 Å². The highest BCUT2D eigenvalue weighted by atomic mass is 32.1. The largest absolute Gasteiger partial charge is 0.478 e. The molecular formula is C9H11NO2S. The van der Waals surface area contributed by atoms with E-state index in [1.165, 1.54) is 4.88 Å². The average molecular weight is 197 g/mol. The summed E-state index contributed by atoms with van der Waals surface area (Å²) in [4.78, 5) is 12.0. The second kappa shape index (κ2) is 3.12. The average Bonchev–Trinajstić information content (AvgIpc) is 2.48. The molecule has 1 unspecified atom stereocenters. The fraction of sp³-hybridized carbons (Fsp3) is 0.444. The van der Waals surface area contributed by atoms with Gasteiger partial charge in [0.25, 0.3) is 0 Å². The maximum absolute atomic E-state index is 10.8. The summed E-state index contributed by atoms with van der Waals surface area (Å²) in [5, 5.41) is 14.0. The van der Waals surface area contributed by atoms with Crippen LogP contribution in [0.1, 0.15) is 33.8 Å². The van der Waals surface area contributed by atoms with Crippen molar-refractivity contribution in [1.29, 1.82) is 0 Å². The number of hydrogen-bond acceptors (Lipinski definition) is 3. The molecule has 0 radical (unpaired) electrons. The predicted molar refractivity (Wildman–Crippen MR) is 51.4 cm³/mol. The molecule has 1 aromatic rings. The number of nitrogens with one attached hydrogen (secondary N) is 1. The molecule has 2 heterocycles. The zero-order chi connectivity index (χ0) is 9.42. The first-order valence-electron chi connectivity index (χ1n) is 4.27. The molecular weight excluding hydrogens is 186 g/mol. The van der Waals surface area contributed by atoms with Gasteiger partial charge in [0.15, 0.2) is 0 Å². The first-order chi connectivity index (χ1) is 6.20. The van der Waals surface area contributed by atoms with Crippen molar-refractivity contribution >= 4 is 17.3 Å². The topological polar surface area (TPSA) is 49.3 Å². The van der Waals surface area contributed by atoms with E-state index in [1.54, 1.807) is 16.7 Å². The van der Waals surface area contributed by atoms with Crippen LogP contribution >= 0.6 is 11.3 Å². The van der Waals surface area contributed by atoms with Crippen LogP contribution in [0.2, 0.25) is 0 Å². The van der Waals surface area contributed by atoms with E-state index in [0.29, 0.717) is 11.6 Å². The van der Waals surface area contributed by atoms with Crippen LogP contribution in [0.3, 0.4) is 0 Å². The van der Waals surface area contributed by atoms with E-state index < -0.39 is 5.97 Å². The molecule has 3 nitrogen and oxygen atoms in total. The fourth-order valence-corrected chi connectivity index (χ4v) is 2.83. The molecule has 0 spiro atoms. The van der Waals surface area contributed by atoms with Crippen LogP contribution in [0, 0.1) is 0 Å². The minimum Gasteiger partial charge on any atom is -0.478 e. The smallest absolute Gasteiger partial charge is 0.336 e. The molecule has 4 heteroatoms. The summed E-state index contributed by atoms with van der Waals surface area (Å²) < 4.78 is 0. The maximum Gasteiger partial charge on any atom is 0.336 e. The van der Waals surface area contributed by atoms with Crippen LogP contribution in [-0.4, -0.2) is 17.6 Å². The third-order valence-electron chi connectivity index (χ3n) is 2.38. The molecule has 1 aliphatic rings. The van der Waals surface area contributed by atoms with Crippen LogP contribution < -0.4 is 5.32 Å². The Bertz CT molecular complexity index is 345. The number of fused-ring (bicyclic) bond motifs is 1. The van der Waals surface area contributed by atoms with E-state index in [9.17, 15) is 4.79 Å². The first-order valence-corrected chi connectivity index (χ1v) is 5.15. The van der Waals surface area contributed by atoms with Gasteiger partial charge in [-0.05, 0) is 25.5 Å². The lowest BCUT2D eigenvalue weighted by atomic mass is 10.0. The van der Waals surface area contributed by atoms with E-state index in [2.05, 4.69) is 12.2 Å². The Labute approximate surface area is 80.4 Å². The molecule has 2 rings (SSSR count). The highest BCUT2D eigenvalue weighted by molar-refractivity contribution is 7.10. The van der Waals surface area contributed by atoms with Crippen molar-refractivity contribution in [2.75, 3.05) is 6.54 Å². The van der Waals surface area contributed by atoms with Crippen molar-refractivity contribution in [3.8, 4) is 0 Å².